The van der Waals surface area contributed by atoms with Crippen molar-refractivity contribution in [2.24, 2.45) is 0 Å². The van der Waals surface area contributed by atoms with E-state index in [9.17, 15) is 39.9 Å². The molecular formula is C25H25F6NO4S. The highest BCUT2D eigenvalue weighted by atomic mass is 32.2. The number of H-pyrrole nitrogens is 1. The Bertz CT molecular complexity index is 1460. The fraction of sp³-hybridized carbons (Fsp3) is 0.440. The van der Waals surface area contributed by atoms with Crippen molar-refractivity contribution in [3.05, 3.63) is 58.8 Å². The molecule has 2 aromatic carbocycles. The van der Waals surface area contributed by atoms with E-state index in [2.05, 4.69) is 4.98 Å². The number of alkyl halides is 6. The Morgan fingerprint density at radius 1 is 1.03 bits per heavy atom. The third kappa shape index (κ3) is 5.31. The fourth-order valence-electron chi connectivity index (χ4n) is 4.86. The van der Waals surface area contributed by atoms with Crippen LogP contribution in [0.3, 0.4) is 0 Å². The molecule has 4 rings (SSSR count). The molecule has 1 aliphatic heterocycles. The Kier molecular flexibility index (Phi) is 6.39. The number of hydrogen-bond donors (Lipinski definition) is 2. The summed E-state index contributed by atoms with van der Waals surface area (Å²) in [5.74, 6) is 0.298. The smallest absolute Gasteiger partial charge is 0.417 e. The van der Waals surface area contributed by atoms with E-state index in [4.69, 9.17) is 4.74 Å². The van der Waals surface area contributed by atoms with Gasteiger partial charge in [0, 0.05) is 41.3 Å². The lowest BCUT2D eigenvalue weighted by Crippen LogP contribution is -2.51. The van der Waals surface area contributed by atoms with Crippen molar-refractivity contribution in [1.82, 2.24) is 4.98 Å². The van der Waals surface area contributed by atoms with E-state index in [-0.39, 0.29) is 33.7 Å². The van der Waals surface area contributed by atoms with Gasteiger partial charge in [-0.05, 0) is 53.8 Å². The summed E-state index contributed by atoms with van der Waals surface area (Å²) in [6.45, 7) is 3.14. The number of ether oxygens (including phenoxy) is 1. The van der Waals surface area contributed by atoms with Gasteiger partial charge in [-0.25, -0.2) is 8.42 Å². The van der Waals surface area contributed by atoms with Crippen molar-refractivity contribution >= 4 is 20.7 Å². The summed E-state index contributed by atoms with van der Waals surface area (Å²) in [6, 6.07) is 6.62. The minimum atomic E-state index is -5.11. The predicted molar refractivity (Wildman–Crippen MR) is 124 cm³/mol. The number of benzene rings is 2. The van der Waals surface area contributed by atoms with E-state index < -0.39 is 51.6 Å². The van der Waals surface area contributed by atoms with Gasteiger partial charge in [-0.3, -0.25) is 0 Å². The topological polar surface area (TPSA) is 79.4 Å². The van der Waals surface area contributed by atoms with Gasteiger partial charge >= 0.3 is 12.4 Å². The van der Waals surface area contributed by atoms with Gasteiger partial charge in [0.25, 0.3) is 0 Å². The molecule has 1 aromatic heterocycles. The number of sulfone groups is 1. The molecule has 1 aliphatic rings. The first-order chi connectivity index (χ1) is 16.8. The molecule has 0 spiro atoms. The molecule has 0 aliphatic carbocycles. The summed E-state index contributed by atoms with van der Waals surface area (Å²) in [6.07, 6.45) is -10.2. The molecule has 5 nitrogen and oxygen atoms in total. The van der Waals surface area contributed by atoms with Crippen molar-refractivity contribution < 1.29 is 44.6 Å². The Hall–Kier alpha value is -2.73. The zero-order valence-corrected chi connectivity index (χ0v) is 21.0. The van der Waals surface area contributed by atoms with Crippen LogP contribution in [0.25, 0.3) is 10.9 Å². The van der Waals surface area contributed by atoms with E-state index in [0.717, 1.165) is 30.5 Å². The third-order valence-electron chi connectivity index (χ3n) is 6.66. The lowest BCUT2D eigenvalue weighted by atomic mass is 9.73. The molecule has 0 saturated heterocycles. The average molecular weight is 550 g/mol. The SMILES string of the molecule is CC(C)(CC(O)(Cc1cc2cc(C(F)(F)F)ccc2[nH]1)C(F)(F)F)c1cc(S(C)(=O)=O)cc2c1OCC2. The van der Waals surface area contributed by atoms with Crippen molar-refractivity contribution in [3.8, 4) is 5.75 Å². The summed E-state index contributed by atoms with van der Waals surface area (Å²) >= 11 is 0. The quantitative estimate of drug-likeness (QED) is 0.385. The minimum Gasteiger partial charge on any atom is -0.493 e. The molecule has 1 unspecified atom stereocenters. The van der Waals surface area contributed by atoms with Crippen LogP contribution in [0.4, 0.5) is 26.3 Å². The van der Waals surface area contributed by atoms with Crippen molar-refractivity contribution in [2.45, 2.75) is 61.4 Å². The van der Waals surface area contributed by atoms with E-state index in [1.807, 2.05) is 0 Å². The molecule has 0 fully saturated rings. The maximum atomic E-state index is 14.3. The first-order valence-corrected chi connectivity index (χ1v) is 13.2. The molecule has 0 radical (unpaired) electrons. The van der Waals surface area contributed by atoms with Crippen molar-refractivity contribution in [2.75, 3.05) is 12.9 Å². The largest absolute Gasteiger partial charge is 0.493 e. The van der Waals surface area contributed by atoms with E-state index in [1.165, 1.54) is 26.0 Å². The molecule has 0 bridgehead atoms. The summed E-state index contributed by atoms with van der Waals surface area (Å²) < 4.78 is 112. The van der Waals surface area contributed by atoms with Crippen molar-refractivity contribution in [1.29, 1.82) is 0 Å². The zero-order valence-electron chi connectivity index (χ0n) is 20.1. The van der Waals surface area contributed by atoms with E-state index >= 15 is 0 Å². The summed E-state index contributed by atoms with van der Waals surface area (Å²) in [7, 11) is -3.68. The zero-order chi connectivity index (χ0) is 27.6. The van der Waals surface area contributed by atoms with Crippen LogP contribution in [0, 0.1) is 0 Å². The number of fused-ring (bicyclic) bond motifs is 2. The van der Waals surface area contributed by atoms with Crippen LogP contribution in [-0.2, 0) is 34.3 Å². The Morgan fingerprint density at radius 3 is 2.30 bits per heavy atom. The van der Waals surface area contributed by atoms with Gasteiger partial charge < -0.3 is 14.8 Å². The van der Waals surface area contributed by atoms with Gasteiger partial charge in [0.15, 0.2) is 15.4 Å². The normalized spacial score (nSPS) is 16.5. The maximum Gasteiger partial charge on any atom is 0.417 e. The van der Waals surface area contributed by atoms with Crippen molar-refractivity contribution in [3.63, 3.8) is 0 Å². The summed E-state index contributed by atoms with van der Waals surface area (Å²) in [4.78, 5) is 2.60. The number of aromatic amines is 1. The van der Waals surface area contributed by atoms with Crippen LogP contribution in [0.2, 0.25) is 0 Å². The number of nitrogens with one attached hydrogen (secondary N) is 1. The Labute approximate surface area is 209 Å². The molecule has 2 N–H and O–H groups in total. The average Bonchev–Trinajstić information content (AvgIpc) is 3.35. The first-order valence-electron chi connectivity index (χ1n) is 11.3. The highest BCUT2D eigenvalue weighted by molar-refractivity contribution is 7.90. The number of rotatable bonds is 6. The number of hydrogen-bond acceptors (Lipinski definition) is 4. The maximum absolute atomic E-state index is 14.3. The molecule has 37 heavy (non-hydrogen) atoms. The van der Waals surface area contributed by atoms with Gasteiger partial charge in [0.05, 0.1) is 17.1 Å². The van der Waals surface area contributed by atoms with Crippen LogP contribution in [0.15, 0.2) is 41.3 Å². The lowest BCUT2D eigenvalue weighted by molar-refractivity contribution is -0.266. The number of aliphatic hydroxyl groups is 1. The second-order valence-electron chi connectivity index (χ2n) is 10.2. The molecule has 2 heterocycles. The van der Waals surface area contributed by atoms with Crippen LogP contribution in [-0.4, -0.2) is 43.1 Å². The molecule has 12 heteroatoms. The molecular weight excluding hydrogens is 524 g/mol. The van der Waals surface area contributed by atoms with Gasteiger partial charge in [-0.2, -0.15) is 26.3 Å². The van der Waals surface area contributed by atoms with Crippen LogP contribution in [0.5, 0.6) is 5.75 Å². The second kappa shape index (κ2) is 8.65. The lowest BCUT2D eigenvalue weighted by Gasteiger charge is -2.38. The molecule has 3 aromatic rings. The first kappa shape index (κ1) is 27.3. The molecule has 1 atom stereocenters. The fourth-order valence-corrected chi connectivity index (χ4v) is 5.55. The Balaban J connectivity index is 1.74. The number of aromatic nitrogens is 1. The Morgan fingerprint density at radius 2 is 1.70 bits per heavy atom. The van der Waals surface area contributed by atoms with E-state index in [0.29, 0.717) is 17.7 Å². The number of halogens is 6. The predicted octanol–water partition coefficient (Wildman–Crippen LogP) is 5.73. The standard InChI is InChI=1S/C25H25F6NO4S/c1-22(2,19-11-18(37(3,34)35)10-14-6-7-36-21(14)19)13-23(33,25(29,30)31)12-17-9-15-8-16(24(26,27)28)4-5-20(15)32-17/h4-5,8-11,32-33H,6-7,12-13H2,1-3H3. The van der Waals surface area contributed by atoms with Gasteiger partial charge in [-0.1, -0.05) is 13.8 Å². The van der Waals surface area contributed by atoms with E-state index in [1.54, 1.807) is 0 Å². The third-order valence-corrected chi connectivity index (χ3v) is 7.76. The molecule has 0 saturated carbocycles. The minimum absolute atomic E-state index is 0.0562. The summed E-state index contributed by atoms with van der Waals surface area (Å²) in [5, 5.41) is 11.1. The van der Waals surface area contributed by atoms with Gasteiger partial charge in [0.2, 0.25) is 0 Å². The molecule has 0 amide bonds. The highest BCUT2D eigenvalue weighted by Crippen LogP contribution is 2.47. The second-order valence-corrected chi connectivity index (χ2v) is 12.2. The van der Waals surface area contributed by atoms with Crippen LogP contribution in [0.1, 0.15) is 42.7 Å². The van der Waals surface area contributed by atoms with Crippen LogP contribution < -0.4 is 4.74 Å². The van der Waals surface area contributed by atoms with Gasteiger partial charge in [0.1, 0.15) is 5.75 Å². The van der Waals surface area contributed by atoms with Gasteiger partial charge in [-0.15, -0.1) is 0 Å². The summed E-state index contributed by atoms with van der Waals surface area (Å²) in [5.41, 5.74) is -4.78. The highest BCUT2D eigenvalue weighted by Gasteiger charge is 2.56. The monoisotopic (exact) mass is 549 g/mol. The van der Waals surface area contributed by atoms with Crippen LogP contribution >= 0.6 is 0 Å². The molecule has 202 valence electrons.